The Morgan fingerprint density at radius 3 is 2.68 bits per heavy atom. The summed E-state index contributed by atoms with van der Waals surface area (Å²) in [4.78, 5) is 19.7. The molecular formula is C30H37N3O4S. The number of rotatable bonds is 8. The molecule has 1 amide bonds. The van der Waals surface area contributed by atoms with E-state index in [0.717, 1.165) is 89.6 Å². The van der Waals surface area contributed by atoms with Crippen LogP contribution in [0.3, 0.4) is 0 Å². The van der Waals surface area contributed by atoms with Crippen molar-refractivity contribution in [1.29, 1.82) is 0 Å². The molecule has 1 aromatic heterocycles. The van der Waals surface area contributed by atoms with Gasteiger partial charge in [0.15, 0.2) is 11.4 Å². The molecule has 2 fully saturated rings. The molecule has 0 bridgehead atoms. The first-order valence-corrected chi connectivity index (χ1v) is 14.5. The maximum absolute atomic E-state index is 12.9. The number of benzene rings is 2. The third-order valence-corrected chi connectivity index (χ3v) is 8.53. The molecule has 3 aromatic rings. The molecule has 3 N–H and O–H groups in total. The number of hydrogen-bond acceptors (Lipinski definition) is 7. The number of nitrogens with one attached hydrogen (secondary N) is 1. The van der Waals surface area contributed by atoms with Crippen LogP contribution in [0.15, 0.2) is 41.8 Å². The van der Waals surface area contributed by atoms with Gasteiger partial charge in [0, 0.05) is 41.6 Å². The quantitative estimate of drug-likeness (QED) is 0.329. The van der Waals surface area contributed by atoms with Crippen molar-refractivity contribution in [1.82, 2.24) is 9.88 Å². The molecule has 1 saturated heterocycles. The van der Waals surface area contributed by atoms with Crippen LogP contribution >= 0.6 is 11.3 Å². The zero-order valence-corrected chi connectivity index (χ0v) is 23.0. The van der Waals surface area contributed by atoms with Crippen LogP contribution in [0.4, 0.5) is 5.13 Å². The van der Waals surface area contributed by atoms with Crippen molar-refractivity contribution in [3.05, 3.63) is 64.0 Å². The Bertz CT molecular complexity index is 1270. The second-order valence-corrected chi connectivity index (χ2v) is 11.5. The van der Waals surface area contributed by atoms with E-state index < -0.39 is 6.29 Å². The molecule has 2 aliphatic rings. The lowest BCUT2D eigenvalue weighted by molar-refractivity contribution is -0.0816. The summed E-state index contributed by atoms with van der Waals surface area (Å²) in [5.41, 5.74) is 5.76. The average molecular weight is 536 g/mol. The number of aromatic nitrogens is 1. The van der Waals surface area contributed by atoms with Crippen molar-refractivity contribution in [3.8, 4) is 17.0 Å². The standard InChI is InChI=1S/C30H37N3O4S/c1-19-6-11-27(25(14-19)26-18-38-30(32-26)31-24-10-9-22(16-24)29(35)36)37-17-23-8-7-21(15-20(23)2)28(34)33-12-4-3-5-13-33/h6-8,11,14-15,18,22,24,29,35-36H,3-5,9-10,12-13,16-17H2,1-2H3,(H,31,32). The molecule has 202 valence electrons. The van der Waals surface area contributed by atoms with Gasteiger partial charge in [-0.2, -0.15) is 0 Å². The van der Waals surface area contributed by atoms with E-state index in [0.29, 0.717) is 6.61 Å². The van der Waals surface area contributed by atoms with E-state index in [1.807, 2.05) is 47.5 Å². The number of aliphatic hydroxyl groups is 2. The minimum atomic E-state index is -1.25. The van der Waals surface area contributed by atoms with Crippen LogP contribution in [0.25, 0.3) is 11.3 Å². The number of thiazole rings is 1. The maximum Gasteiger partial charge on any atom is 0.253 e. The number of piperidine rings is 1. The van der Waals surface area contributed by atoms with E-state index in [9.17, 15) is 15.0 Å². The number of anilines is 1. The number of hydrogen-bond donors (Lipinski definition) is 3. The summed E-state index contributed by atoms with van der Waals surface area (Å²) in [5, 5.41) is 25.3. The van der Waals surface area contributed by atoms with Crippen LogP contribution in [0, 0.1) is 19.8 Å². The fourth-order valence-corrected chi connectivity index (χ4v) is 6.24. The summed E-state index contributed by atoms with van der Waals surface area (Å²) < 4.78 is 6.31. The van der Waals surface area contributed by atoms with E-state index >= 15 is 0 Å². The third kappa shape index (κ3) is 6.20. The summed E-state index contributed by atoms with van der Waals surface area (Å²) in [6, 6.07) is 12.2. The monoisotopic (exact) mass is 535 g/mol. The second-order valence-electron chi connectivity index (χ2n) is 10.6. The molecule has 0 spiro atoms. The fourth-order valence-electron chi connectivity index (χ4n) is 5.45. The normalized spacial score (nSPS) is 19.7. The van der Waals surface area contributed by atoms with Crippen molar-refractivity contribution in [3.63, 3.8) is 0 Å². The van der Waals surface area contributed by atoms with Crippen molar-refractivity contribution in [2.45, 2.75) is 71.3 Å². The highest BCUT2D eigenvalue weighted by molar-refractivity contribution is 7.14. The molecule has 0 radical (unpaired) electrons. The average Bonchev–Trinajstić information content (AvgIpc) is 3.59. The number of likely N-dealkylation sites (tertiary alicyclic amines) is 1. The lowest BCUT2D eigenvalue weighted by Gasteiger charge is -2.27. The van der Waals surface area contributed by atoms with Gasteiger partial charge in [0.1, 0.15) is 12.4 Å². The Kier molecular flexibility index (Phi) is 8.31. The van der Waals surface area contributed by atoms with Crippen LogP contribution in [-0.2, 0) is 6.61 Å². The largest absolute Gasteiger partial charge is 0.488 e. The number of aryl methyl sites for hydroxylation is 2. The first-order valence-electron chi connectivity index (χ1n) is 13.6. The molecule has 38 heavy (non-hydrogen) atoms. The zero-order valence-electron chi connectivity index (χ0n) is 22.2. The van der Waals surface area contributed by atoms with Gasteiger partial charge in [0.05, 0.1) is 5.69 Å². The minimum absolute atomic E-state index is 0.0795. The Hall–Kier alpha value is -2.94. The van der Waals surface area contributed by atoms with Gasteiger partial charge in [-0.3, -0.25) is 4.79 Å². The Labute approximate surface area is 228 Å². The molecule has 2 aromatic carbocycles. The molecule has 8 heteroatoms. The highest BCUT2D eigenvalue weighted by atomic mass is 32.1. The molecule has 1 aliphatic carbocycles. The Morgan fingerprint density at radius 2 is 1.95 bits per heavy atom. The summed E-state index contributed by atoms with van der Waals surface area (Å²) in [6.45, 7) is 6.19. The lowest BCUT2D eigenvalue weighted by Crippen LogP contribution is -2.35. The first kappa shape index (κ1) is 26.7. The minimum Gasteiger partial charge on any atom is -0.488 e. The van der Waals surface area contributed by atoms with E-state index in [1.165, 1.54) is 6.42 Å². The number of nitrogens with zero attached hydrogens (tertiary/aromatic N) is 2. The number of carbonyl (C=O) groups excluding carboxylic acids is 1. The summed E-state index contributed by atoms with van der Waals surface area (Å²) in [7, 11) is 0. The van der Waals surface area contributed by atoms with E-state index in [2.05, 4.69) is 18.3 Å². The first-order chi connectivity index (χ1) is 18.4. The van der Waals surface area contributed by atoms with Crippen LogP contribution < -0.4 is 10.1 Å². The van der Waals surface area contributed by atoms with E-state index in [4.69, 9.17) is 9.72 Å². The van der Waals surface area contributed by atoms with Gasteiger partial charge in [0.2, 0.25) is 0 Å². The second kappa shape index (κ2) is 11.8. The van der Waals surface area contributed by atoms with Crippen molar-refractivity contribution in [2.24, 2.45) is 5.92 Å². The van der Waals surface area contributed by atoms with Gasteiger partial charge >= 0.3 is 0 Å². The topological polar surface area (TPSA) is 94.9 Å². The number of aliphatic hydroxyl groups excluding tert-OH is 1. The van der Waals surface area contributed by atoms with Crippen LogP contribution in [0.5, 0.6) is 5.75 Å². The Morgan fingerprint density at radius 1 is 1.13 bits per heavy atom. The third-order valence-electron chi connectivity index (χ3n) is 7.75. The van der Waals surface area contributed by atoms with Crippen LogP contribution in [-0.4, -0.2) is 51.4 Å². The molecule has 1 saturated carbocycles. The smallest absolute Gasteiger partial charge is 0.253 e. The number of ether oxygens (including phenoxy) is 1. The summed E-state index contributed by atoms with van der Waals surface area (Å²) in [5.74, 6) is 0.809. The van der Waals surface area contributed by atoms with Gasteiger partial charge < -0.3 is 25.2 Å². The molecule has 1 aliphatic heterocycles. The van der Waals surface area contributed by atoms with Gasteiger partial charge in [0.25, 0.3) is 5.91 Å². The highest BCUT2D eigenvalue weighted by Crippen LogP contribution is 2.36. The SMILES string of the molecule is Cc1ccc(OCc2ccc(C(=O)N3CCCCC3)cc2C)c(-c2csc(NC3CCC(C(O)O)C3)n2)c1. The number of amides is 1. The van der Waals surface area contributed by atoms with Crippen molar-refractivity contribution < 1.29 is 19.7 Å². The maximum atomic E-state index is 12.9. The van der Waals surface area contributed by atoms with Crippen molar-refractivity contribution in [2.75, 3.05) is 18.4 Å². The molecule has 2 atom stereocenters. The van der Waals surface area contributed by atoms with Gasteiger partial charge in [-0.05, 0) is 87.8 Å². The van der Waals surface area contributed by atoms with E-state index in [-0.39, 0.29) is 17.9 Å². The number of carbonyl (C=O) groups is 1. The molecule has 7 nitrogen and oxygen atoms in total. The van der Waals surface area contributed by atoms with Gasteiger partial charge in [-0.1, -0.05) is 17.7 Å². The molecule has 5 rings (SSSR count). The molecule has 2 unspecified atom stereocenters. The highest BCUT2D eigenvalue weighted by Gasteiger charge is 2.29. The van der Waals surface area contributed by atoms with Gasteiger partial charge in [-0.25, -0.2) is 4.98 Å². The zero-order chi connectivity index (χ0) is 26.6. The molecule has 2 heterocycles. The fraction of sp³-hybridized carbons (Fsp3) is 0.467. The van der Waals surface area contributed by atoms with E-state index in [1.54, 1.807) is 11.3 Å². The molecular weight excluding hydrogens is 498 g/mol. The van der Waals surface area contributed by atoms with Crippen LogP contribution in [0.2, 0.25) is 0 Å². The predicted octanol–water partition coefficient (Wildman–Crippen LogP) is 5.52. The lowest BCUT2D eigenvalue weighted by atomic mass is 10.0. The van der Waals surface area contributed by atoms with Crippen LogP contribution in [0.1, 0.15) is 65.6 Å². The van der Waals surface area contributed by atoms with Crippen molar-refractivity contribution >= 4 is 22.4 Å². The summed E-state index contributed by atoms with van der Waals surface area (Å²) >= 11 is 1.55. The predicted molar refractivity (Wildman–Crippen MR) is 151 cm³/mol. The Balaban J connectivity index is 1.26. The summed E-state index contributed by atoms with van der Waals surface area (Å²) in [6.07, 6.45) is 4.55. The van der Waals surface area contributed by atoms with Gasteiger partial charge in [-0.15, -0.1) is 11.3 Å².